The molecule has 1 aromatic carbocycles. The molecule has 0 amide bonds. The molecule has 21 heavy (non-hydrogen) atoms. The molecule has 3 heteroatoms. The summed E-state index contributed by atoms with van der Waals surface area (Å²) >= 11 is 0. The molecule has 0 atom stereocenters. The normalized spacial score (nSPS) is 10.6. The van der Waals surface area contributed by atoms with Crippen molar-refractivity contribution in [1.29, 1.82) is 5.26 Å². The number of nitriles is 1. The van der Waals surface area contributed by atoms with Gasteiger partial charge in [0.25, 0.3) is 0 Å². The summed E-state index contributed by atoms with van der Waals surface area (Å²) in [6, 6.07) is 9.99. The zero-order valence-corrected chi connectivity index (χ0v) is 13.5. The number of unbranched alkanes of at least 4 members (excludes halogenated alkanes) is 2. The minimum atomic E-state index is 0.460. The molecule has 0 aliphatic rings. The van der Waals surface area contributed by atoms with Crippen LogP contribution in [0.3, 0.4) is 0 Å². The molecule has 0 unspecified atom stereocenters. The van der Waals surface area contributed by atoms with Gasteiger partial charge in [0.1, 0.15) is 12.4 Å². The van der Waals surface area contributed by atoms with E-state index in [1.165, 1.54) is 38.8 Å². The van der Waals surface area contributed by atoms with Crippen molar-refractivity contribution in [3.63, 3.8) is 0 Å². The number of rotatable bonds is 11. The molecule has 0 bridgehead atoms. The molecule has 0 N–H and O–H groups in total. The van der Waals surface area contributed by atoms with E-state index in [-0.39, 0.29) is 0 Å². The number of benzene rings is 1. The van der Waals surface area contributed by atoms with Gasteiger partial charge < -0.3 is 4.74 Å². The van der Waals surface area contributed by atoms with E-state index >= 15 is 0 Å². The number of hydrogen-bond acceptors (Lipinski definition) is 3. The summed E-state index contributed by atoms with van der Waals surface area (Å²) < 4.78 is 5.80. The van der Waals surface area contributed by atoms with Gasteiger partial charge in [0, 0.05) is 6.54 Å². The van der Waals surface area contributed by atoms with Crippen LogP contribution in [0.4, 0.5) is 0 Å². The van der Waals surface area contributed by atoms with Crippen LogP contribution in [0.1, 0.15) is 45.1 Å². The van der Waals surface area contributed by atoms with E-state index in [4.69, 9.17) is 10.00 Å². The van der Waals surface area contributed by atoms with Crippen molar-refractivity contribution in [2.45, 2.75) is 46.0 Å². The van der Waals surface area contributed by atoms with Gasteiger partial charge in [-0.3, -0.25) is 4.90 Å². The minimum Gasteiger partial charge on any atom is -0.492 e. The standard InChI is InChI=1S/C18H28N2O/c1-3-5-13-20(14-6-4-2)15-16-21-18-9-7-17(8-10-18)11-12-19/h7-10H,3-6,11,13-16H2,1-2H3. The fourth-order valence-electron chi connectivity index (χ4n) is 2.19. The Hall–Kier alpha value is -1.53. The lowest BCUT2D eigenvalue weighted by atomic mass is 10.2. The molecule has 1 rings (SSSR count). The first-order chi connectivity index (χ1) is 10.3. The first-order valence-electron chi connectivity index (χ1n) is 8.11. The van der Waals surface area contributed by atoms with Gasteiger partial charge in [-0.05, 0) is 43.6 Å². The quantitative estimate of drug-likeness (QED) is 0.616. The molecule has 0 aliphatic carbocycles. The molecular formula is C18H28N2O. The van der Waals surface area contributed by atoms with Crippen molar-refractivity contribution in [1.82, 2.24) is 4.90 Å². The maximum Gasteiger partial charge on any atom is 0.119 e. The Morgan fingerprint density at radius 2 is 1.62 bits per heavy atom. The Kier molecular flexibility index (Phi) is 9.32. The third-order valence-corrected chi connectivity index (χ3v) is 3.54. The predicted octanol–water partition coefficient (Wildman–Crippen LogP) is 4.03. The summed E-state index contributed by atoms with van der Waals surface area (Å²) in [5, 5.41) is 8.65. The lowest BCUT2D eigenvalue weighted by Crippen LogP contribution is -2.30. The van der Waals surface area contributed by atoms with Crippen molar-refractivity contribution < 1.29 is 4.74 Å². The van der Waals surface area contributed by atoms with Crippen LogP contribution in [0.15, 0.2) is 24.3 Å². The van der Waals surface area contributed by atoms with Crippen molar-refractivity contribution in [2.75, 3.05) is 26.2 Å². The first kappa shape index (κ1) is 17.5. The average molecular weight is 288 g/mol. The highest BCUT2D eigenvalue weighted by molar-refractivity contribution is 5.28. The third kappa shape index (κ3) is 7.72. The van der Waals surface area contributed by atoms with Crippen LogP contribution >= 0.6 is 0 Å². The summed E-state index contributed by atoms with van der Waals surface area (Å²) in [6.07, 6.45) is 5.45. The maximum absolute atomic E-state index is 8.65. The highest BCUT2D eigenvalue weighted by Crippen LogP contribution is 2.12. The highest BCUT2D eigenvalue weighted by atomic mass is 16.5. The molecule has 0 saturated heterocycles. The molecule has 0 fully saturated rings. The summed E-state index contributed by atoms with van der Waals surface area (Å²) in [5.74, 6) is 0.891. The molecule has 0 saturated carbocycles. The number of nitrogens with zero attached hydrogens (tertiary/aromatic N) is 2. The Bertz CT molecular complexity index is 400. The van der Waals surface area contributed by atoms with Gasteiger partial charge in [0.05, 0.1) is 12.5 Å². The minimum absolute atomic E-state index is 0.460. The number of hydrogen-bond donors (Lipinski definition) is 0. The van der Waals surface area contributed by atoms with Crippen LogP contribution in [0.25, 0.3) is 0 Å². The molecule has 0 aromatic heterocycles. The molecule has 0 heterocycles. The van der Waals surface area contributed by atoms with E-state index in [1.807, 2.05) is 24.3 Å². The second kappa shape index (κ2) is 11.2. The summed E-state index contributed by atoms with van der Waals surface area (Å²) in [5.41, 5.74) is 1.04. The molecule has 3 nitrogen and oxygen atoms in total. The largest absolute Gasteiger partial charge is 0.492 e. The predicted molar refractivity (Wildman–Crippen MR) is 87.5 cm³/mol. The summed E-state index contributed by atoms with van der Waals surface area (Å²) in [4.78, 5) is 2.50. The molecule has 0 radical (unpaired) electrons. The van der Waals surface area contributed by atoms with Gasteiger partial charge >= 0.3 is 0 Å². The highest BCUT2D eigenvalue weighted by Gasteiger charge is 2.04. The van der Waals surface area contributed by atoms with Crippen LogP contribution in [0.5, 0.6) is 5.75 Å². The molecular weight excluding hydrogens is 260 g/mol. The van der Waals surface area contributed by atoms with Gasteiger partial charge in [-0.2, -0.15) is 5.26 Å². The summed E-state index contributed by atoms with van der Waals surface area (Å²) in [6.45, 7) is 8.52. The smallest absolute Gasteiger partial charge is 0.119 e. The van der Waals surface area contributed by atoms with Gasteiger partial charge in [0.15, 0.2) is 0 Å². The molecule has 0 spiro atoms. The van der Waals surface area contributed by atoms with Crippen LogP contribution < -0.4 is 4.74 Å². The van der Waals surface area contributed by atoms with Gasteiger partial charge in [0.2, 0.25) is 0 Å². The molecule has 1 aromatic rings. The number of ether oxygens (including phenoxy) is 1. The van der Waals surface area contributed by atoms with Gasteiger partial charge in [-0.15, -0.1) is 0 Å². The second-order valence-corrected chi connectivity index (χ2v) is 5.38. The van der Waals surface area contributed by atoms with E-state index in [0.29, 0.717) is 6.42 Å². The third-order valence-electron chi connectivity index (χ3n) is 3.54. The molecule has 116 valence electrons. The van der Waals surface area contributed by atoms with Crippen LogP contribution in [-0.4, -0.2) is 31.1 Å². The van der Waals surface area contributed by atoms with Crippen molar-refractivity contribution in [3.8, 4) is 11.8 Å². The maximum atomic E-state index is 8.65. The fourth-order valence-corrected chi connectivity index (χ4v) is 2.19. The Morgan fingerprint density at radius 3 is 2.14 bits per heavy atom. The van der Waals surface area contributed by atoms with E-state index in [9.17, 15) is 0 Å². The van der Waals surface area contributed by atoms with Crippen LogP contribution in [-0.2, 0) is 6.42 Å². The summed E-state index contributed by atoms with van der Waals surface area (Å²) in [7, 11) is 0. The topological polar surface area (TPSA) is 36.3 Å². The van der Waals surface area contributed by atoms with Crippen molar-refractivity contribution >= 4 is 0 Å². The Labute approximate surface area is 129 Å². The second-order valence-electron chi connectivity index (χ2n) is 5.38. The Morgan fingerprint density at radius 1 is 1.00 bits per heavy atom. The lowest BCUT2D eigenvalue weighted by molar-refractivity contribution is 0.204. The fraction of sp³-hybridized carbons (Fsp3) is 0.611. The zero-order valence-electron chi connectivity index (χ0n) is 13.5. The lowest BCUT2D eigenvalue weighted by Gasteiger charge is -2.22. The van der Waals surface area contributed by atoms with E-state index in [2.05, 4.69) is 24.8 Å². The first-order valence-corrected chi connectivity index (χ1v) is 8.11. The van der Waals surface area contributed by atoms with Crippen LogP contribution in [0.2, 0.25) is 0 Å². The Balaban J connectivity index is 2.32. The van der Waals surface area contributed by atoms with E-state index in [0.717, 1.165) is 24.5 Å². The van der Waals surface area contributed by atoms with Gasteiger partial charge in [-0.25, -0.2) is 0 Å². The average Bonchev–Trinajstić information content (AvgIpc) is 2.51. The van der Waals surface area contributed by atoms with Gasteiger partial charge in [-0.1, -0.05) is 38.8 Å². The van der Waals surface area contributed by atoms with Crippen LogP contribution in [0, 0.1) is 11.3 Å². The van der Waals surface area contributed by atoms with E-state index in [1.54, 1.807) is 0 Å². The van der Waals surface area contributed by atoms with E-state index < -0.39 is 0 Å². The zero-order chi connectivity index (χ0) is 15.3. The van der Waals surface area contributed by atoms with Crippen molar-refractivity contribution in [3.05, 3.63) is 29.8 Å². The SMILES string of the molecule is CCCCN(CCCC)CCOc1ccc(CC#N)cc1. The monoisotopic (exact) mass is 288 g/mol. The molecule has 0 aliphatic heterocycles. The van der Waals surface area contributed by atoms with Crippen molar-refractivity contribution in [2.24, 2.45) is 0 Å².